The third-order valence-corrected chi connectivity index (χ3v) is 5.75. The zero-order chi connectivity index (χ0) is 22.8. The summed E-state index contributed by atoms with van der Waals surface area (Å²) >= 11 is 0. The van der Waals surface area contributed by atoms with Crippen LogP contribution in [0.2, 0.25) is 0 Å². The number of para-hydroxylation sites is 1. The molecule has 0 saturated carbocycles. The Balaban J connectivity index is 1.56. The maximum absolute atomic E-state index is 14.0. The maximum Gasteiger partial charge on any atom is 0.286 e. The number of halogens is 1. The molecule has 0 aliphatic heterocycles. The fourth-order valence-corrected chi connectivity index (χ4v) is 3.56. The first kappa shape index (κ1) is 21.6. The minimum Gasteiger partial charge on any atom is -0.477 e. The van der Waals surface area contributed by atoms with Crippen molar-refractivity contribution in [1.82, 2.24) is 19.5 Å². The van der Waals surface area contributed by atoms with Crippen molar-refractivity contribution in [3.05, 3.63) is 82.5 Å². The van der Waals surface area contributed by atoms with Crippen molar-refractivity contribution in [1.29, 1.82) is 0 Å². The molecule has 4 aromatic rings. The fourth-order valence-electron chi connectivity index (χ4n) is 3.56. The van der Waals surface area contributed by atoms with Crippen molar-refractivity contribution in [2.45, 2.75) is 26.7 Å². The van der Waals surface area contributed by atoms with Gasteiger partial charge in [0, 0.05) is 42.0 Å². The second kappa shape index (κ2) is 8.86. The van der Waals surface area contributed by atoms with E-state index in [0.717, 1.165) is 16.6 Å². The summed E-state index contributed by atoms with van der Waals surface area (Å²) in [5.74, 6) is 0.373. The first-order valence-electron chi connectivity index (χ1n) is 10.5. The minimum absolute atomic E-state index is 0.142. The number of pyridine rings is 2. The summed E-state index contributed by atoms with van der Waals surface area (Å²) in [4.78, 5) is 25.2. The topological polar surface area (TPSA) is 69.9 Å². The van der Waals surface area contributed by atoms with Crippen molar-refractivity contribution in [2.24, 2.45) is 13.0 Å². The Morgan fingerprint density at radius 2 is 1.91 bits per heavy atom. The largest absolute Gasteiger partial charge is 0.477 e. The number of ether oxygens (including phenoxy) is 1. The molecule has 0 fully saturated rings. The number of hydrogen-bond donors (Lipinski definition) is 0. The molecule has 3 heterocycles. The van der Waals surface area contributed by atoms with E-state index in [-0.39, 0.29) is 11.8 Å². The smallest absolute Gasteiger partial charge is 0.286 e. The monoisotopic (exact) mass is 432 g/mol. The third kappa shape index (κ3) is 4.37. The van der Waals surface area contributed by atoms with Crippen LogP contribution in [0, 0.1) is 18.7 Å². The molecule has 4 rings (SSSR count). The predicted molar refractivity (Wildman–Crippen MR) is 122 cm³/mol. The van der Waals surface area contributed by atoms with Gasteiger partial charge in [-0.1, -0.05) is 38.1 Å². The second-order valence-corrected chi connectivity index (χ2v) is 8.13. The molecule has 1 aromatic carbocycles. The molecular formula is C25H25FN4O2. The highest BCUT2D eigenvalue weighted by Gasteiger charge is 2.19. The second-order valence-electron chi connectivity index (χ2n) is 8.13. The van der Waals surface area contributed by atoms with Crippen LogP contribution in [-0.4, -0.2) is 26.1 Å². The summed E-state index contributed by atoms with van der Waals surface area (Å²) in [7, 11) is 1.50. The Morgan fingerprint density at radius 3 is 2.69 bits per heavy atom. The first-order chi connectivity index (χ1) is 15.3. The van der Waals surface area contributed by atoms with Gasteiger partial charge < -0.3 is 9.30 Å². The predicted octanol–water partition coefficient (Wildman–Crippen LogP) is 4.66. The van der Waals surface area contributed by atoms with E-state index in [1.165, 1.54) is 17.7 Å². The zero-order valence-electron chi connectivity index (χ0n) is 18.5. The van der Waals surface area contributed by atoms with Gasteiger partial charge >= 0.3 is 0 Å². The molecule has 6 nitrogen and oxygen atoms in total. The lowest BCUT2D eigenvalue weighted by Crippen LogP contribution is -2.20. The molecular weight excluding hydrogens is 407 g/mol. The van der Waals surface area contributed by atoms with Gasteiger partial charge in [-0.05, 0) is 31.0 Å². The highest BCUT2D eigenvalue weighted by Crippen LogP contribution is 2.30. The normalized spacial score (nSPS) is 13.2. The molecule has 2 atom stereocenters. The average molecular weight is 432 g/mol. The van der Waals surface area contributed by atoms with Crippen LogP contribution in [0.4, 0.5) is 4.39 Å². The van der Waals surface area contributed by atoms with Gasteiger partial charge in [-0.2, -0.15) is 4.98 Å². The van der Waals surface area contributed by atoms with Crippen LogP contribution in [0.5, 0.6) is 5.88 Å². The van der Waals surface area contributed by atoms with Crippen LogP contribution in [0.3, 0.4) is 0 Å². The van der Waals surface area contributed by atoms with Gasteiger partial charge in [0.05, 0.1) is 17.7 Å². The number of rotatable bonds is 6. The molecule has 0 aliphatic rings. The summed E-state index contributed by atoms with van der Waals surface area (Å²) in [6, 6.07) is 13.4. The molecule has 0 spiro atoms. The molecule has 0 bridgehead atoms. The highest BCUT2D eigenvalue weighted by molar-refractivity contribution is 5.78. The number of fused-ring (bicyclic) bond motifs is 1. The lowest BCUT2D eigenvalue weighted by Gasteiger charge is -2.21. The zero-order valence-corrected chi connectivity index (χ0v) is 18.5. The van der Waals surface area contributed by atoms with Gasteiger partial charge in [0.15, 0.2) is 5.82 Å². The van der Waals surface area contributed by atoms with Gasteiger partial charge in [0.25, 0.3) is 5.56 Å². The molecule has 0 amide bonds. The third-order valence-electron chi connectivity index (χ3n) is 5.75. The fraction of sp³-hybridized carbons (Fsp3) is 0.280. The molecule has 32 heavy (non-hydrogen) atoms. The number of nitrogens with zero attached hydrogens (tertiary/aromatic N) is 4. The van der Waals surface area contributed by atoms with Gasteiger partial charge in [-0.25, -0.2) is 9.37 Å². The minimum atomic E-state index is -0.833. The van der Waals surface area contributed by atoms with Crippen LogP contribution in [0.25, 0.3) is 22.0 Å². The van der Waals surface area contributed by atoms with E-state index < -0.39 is 11.4 Å². The molecule has 3 aromatic heterocycles. The molecule has 0 radical (unpaired) electrons. The number of hydrogen-bond acceptors (Lipinski definition) is 5. The number of aromatic nitrogens is 4. The lowest BCUT2D eigenvalue weighted by atomic mass is 9.92. The Morgan fingerprint density at radius 1 is 1.12 bits per heavy atom. The van der Waals surface area contributed by atoms with Crippen molar-refractivity contribution >= 4 is 10.9 Å². The van der Waals surface area contributed by atoms with Gasteiger partial charge in [0.2, 0.25) is 5.88 Å². The quantitative estimate of drug-likeness (QED) is 0.443. The highest BCUT2D eigenvalue weighted by atomic mass is 19.1. The lowest BCUT2D eigenvalue weighted by molar-refractivity contribution is 0.233. The van der Waals surface area contributed by atoms with Gasteiger partial charge in [-0.3, -0.25) is 9.78 Å². The van der Waals surface area contributed by atoms with E-state index in [9.17, 15) is 9.18 Å². The van der Waals surface area contributed by atoms with Crippen LogP contribution < -0.4 is 10.3 Å². The number of aryl methyl sites for hydroxylation is 2. The molecule has 7 heteroatoms. The summed E-state index contributed by atoms with van der Waals surface area (Å²) < 4.78 is 21.3. The van der Waals surface area contributed by atoms with Crippen LogP contribution >= 0.6 is 0 Å². The first-order valence-corrected chi connectivity index (χ1v) is 10.5. The maximum atomic E-state index is 14.0. The van der Waals surface area contributed by atoms with Crippen molar-refractivity contribution in [3.63, 3.8) is 0 Å². The van der Waals surface area contributed by atoms with E-state index in [1.807, 2.05) is 24.3 Å². The Labute approximate surface area is 185 Å². The molecule has 1 unspecified atom stereocenters. The van der Waals surface area contributed by atoms with Crippen molar-refractivity contribution in [2.75, 3.05) is 6.61 Å². The van der Waals surface area contributed by atoms with Gasteiger partial charge in [-0.15, -0.1) is 0 Å². The summed E-state index contributed by atoms with van der Waals surface area (Å²) in [6.07, 6.45) is 3.15. The number of benzene rings is 1. The molecule has 0 saturated heterocycles. The summed E-state index contributed by atoms with van der Waals surface area (Å²) in [5, 5.41) is 1.11. The van der Waals surface area contributed by atoms with Crippen LogP contribution in [0.15, 0.2) is 59.7 Å². The molecule has 0 N–H and O–H groups in total. The molecule has 164 valence electrons. The van der Waals surface area contributed by atoms with E-state index in [2.05, 4.69) is 35.9 Å². The van der Waals surface area contributed by atoms with E-state index >= 15 is 0 Å². The van der Waals surface area contributed by atoms with E-state index in [1.54, 1.807) is 19.3 Å². The van der Waals surface area contributed by atoms with E-state index in [0.29, 0.717) is 29.4 Å². The SMILES string of the molecule is Cc1ncc(-c2cc(F)c(=O)n(C)c2)c(OCC(C)[C@H](C)c2ccc3ccccc3n2)n1. The van der Waals surface area contributed by atoms with Crippen molar-refractivity contribution in [3.8, 4) is 17.0 Å². The van der Waals surface area contributed by atoms with Crippen LogP contribution in [0.1, 0.15) is 31.3 Å². The van der Waals surface area contributed by atoms with Crippen molar-refractivity contribution < 1.29 is 9.13 Å². The standard InChI is InChI=1S/C25H25FN4O2/c1-15(16(2)22-10-9-18-7-5-6-8-23(18)29-22)14-32-24-20(12-27-17(3)28-24)19-11-21(26)25(31)30(4)13-19/h5-13,15-16H,14H2,1-4H3/t15?,16-/m0/s1. The van der Waals surface area contributed by atoms with E-state index in [4.69, 9.17) is 9.72 Å². The Hall–Kier alpha value is -3.61. The van der Waals surface area contributed by atoms with Crippen LogP contribution in [-0.2, 0) is 7.05 Å². The average Bonchev–Trinajstić information content (AvgIpc) is 2.80. The Kier molecular flexibility index (Phi) is 5.99. The molecule has 0 aliphatic carbocycles. The summed E-state index contributed by atoms with van der Waals surface area (Å²) in [6.45, 7) is 6.39. The van der Waals surface area contributed by atoms with Gasteiger partial charge in [0.1, 0.15) is 5.82 Å². The Bertz CT molecular complexity index is 1310. The summed E-state index contributed by atoms with van der Waals surface area (Å²) in [5.41, 5.74) is 2.30.